The van der Waals surface area contributed by atoms with Crippen LogP contribution < -0.4 is 15.4 Å². The summed E-state index contributed by atoms with van der Waals surface area (Å²) in [5.74, 6) is -2.08. The van der Waals surface area contributed by atoms with E-state index in [1.54, 1.807) is 26.0 Å². The van der Waals surface area contributed by atoms with Gasteiger partial charge < -0.3 is 29.7 Å². The van der Waals surface area contributed by atoms with Gasteiger partial charge in [0.15, 0.2) is 17.7 Å². The second-order valence-electron chi connectivity index (χ2n) is 9.51. The van der Waals surface area contributed by atoms with Crippen LogP contribution in [0.4, 0.5) is 14.9 Å². The highest BCUT2D eigenvalue weighted by atomic mass is 35.5. The predicted octanol–water partition coefficient (Wildman–Crippen LogP) is 5.40. The molecule has 0 aliphatic carbocycles. The minimum atomic E-state index is -1.06. The summed E-state index contributed by atoms with van der Waals surface area (Å²) in [7, 11) is 0. The largest absolute Gasteiger partial charge is 0.453 e. The molecule has 2 aromatic heterocycles. The molecule has 2 aliphatic rings. The number of likely N-dealkylation sites (tertiary alicyclic amines) is 1. The van der Waals surface area contributed by atoms with Crippen LogP contribution in [-0.2, 0) is 14.3 Å². The van der Waals surface area contributed by atoms with E-state index in [0.717, 1.165) is 32.0 Å². The lowest BCUT2D eigenvalue weighted by Gasteiger charge is -2.15. The van der Waals surface area contributed by atoms with Crippen LogP contribution >= 0.6 is 36.0 Å². The Morgan fingerprint density at radius 3 is 2.65 bits per heavy atom. The van der Waals surface area contributed by atoms with E-state index in [1.807, 2.05) is 4.90 Å². The van der Waals surface area contributed by atoms with Crippen LogP contribution in [0.15, 0.2) is 36.5 Å². The van der Waals surface area contributed by atoms with E-state index >= 15 is 0 Å². The van der Waals surface area contributed by atoms with Gasteiger partial charge in [0.25, 0.3) is 5.91 Å². The van der Waals surface area contributed by atoms with Gasteiger partial charge in [-0.25, -0.2) is 14.0 Å². The van der Waals surface area contributed by atoms with Crippen LogP contribution in [0.3, 0.4) is 0 Å². The highest BCUT2D eigenvalue weighted by Crippen LogP contribution is 2.37. The number of hydrogen-bond donors (Lipinski definition) is 2. The molecular formula is C26H26ClFN4O6S2. The number of anilines is 1. The molecule has 40 heavy (non-hydrogen) atoms. The topological polar surface area (TPSA) is 119 Å². The molecule has 2 N–H and O–H groups in total. The Bertz CT molecular complexity index is 1480. The lowest BCUT2D eigenvalue weighted by atomic mass is 10.2. The molecule has 5 rings (SSSR count). The maximum Gasteiger partial charge on any atom is 0.338 e. The van der Waals surface area contributed by atoms with Gasteiger partial charge in [-0.3, -0.25) is 9.78 Å². The number of pyridine rings is 1. The first-order chi connectivity index (χ1) is 18.6. The van der Waals surface area contributed by atoms with Gasteiger partial charge >= 0.3 is 12.0 Å². The summed E-state index contributed by atoms with van der Waals surface area (Å²) in [5, 5.41) is 4.92. The van der Waals surface area contributed by atoms with Gasteiger partial charge in [-0.2, -0.15) is 0 Å². The standard InChI is InChI=1S/C26H25FN4O6S2.ClH/c1-26(2)36-19(24(33)37-26)13-21(38)30-25(34)29-14-5-6-17(15(27)11-14)35-18-7-8-28-16-12-20(39-22(16)18)23(32)31-9-3-4-10-31;/h5-8,11-12,19H,3-4,9-10,13H2,1-2H3,(H2,29,30,34,38);1H. The number of rotatable bonds is 6. The third-order valence-corrected chi connectivity index (χ3v) is 7.44. The SMILES string of the molecule is CC1(C)OC(=O)C(CC(=S)NC(=O)Nc2ccc(Oc3ccnc4cc(C(=O)N5CCCC5)sc34)c(F)c2)O1.Cl. The molecule has 1 atom stereocenters. The molecule has 0 radical (unpaired) electrons. The second kappa shape index (κ2) is 12.0. The third-order valence-electron chi connectivity index (χ3n) is 6.05. The lowest BCUT2D eigenvalue weighted by Crippen LogP contribution is -2.36. The molecule has 1 unspecified atom stereocenters. The molecule has 0 saturated carbocycles. The third kappa shape index (κ3) is 6.66. The maximum atomic E-state index is 14.9. The zero-order valence-electron chi connectivity index (χ0n) is 21.5. The van der Waals surface area contributed by atoms with Crippen molar-refractivity contribution in [2.24, 2.45) is 0 Å². The average Bonchev–Trinajstić information content (AvgIpc) is 3.59. The second-order valence-corrected chi connectivity index (χ2v) is 11.1. The Labute approximate surface area is 244 Å². The molecule has 3 aromatic rings. The number of nitrogens with one attached hydrogen (secondary N) is 2. The summed E-state index contributed by atoms with van der Waals surface area (Å²) in [6.45, 7) is 4.67. The number of thiophene rings is 1. The molecule has 0 bridgehead atoms. The van der Waals surface area contributed by atoms with Crippen molar-refractivity contribution < 1.29 is 33.0 Å². The normalized spacial score (nSPS) is 17.7. The highest BCUT2D eigenvalue weighted by Gasteiger charge is 2.41. The van der Waals surface area contributed by atoms with Gasteiger partial charge in [0.1, 0.15) is 5.75 Å². The van der Waals surface area contributed by atoms with E-state index in [9.17, 15) is 18.8 Å². The van der Waals surface area contributed by atoms with Crippen molar-refractivity contribution in [3.63, 3.8) is 0 Å². The number of cyclic esters (lactones) is 1. The Balaban J connectivity index is 0.00000370. The number of ether oxygens (including phenoxy) is 3. The Hall–Kier alpha value is -3.39. The minimum absolute atomic E-state index is 0. The van der Waals surface area contributed by atoms with Gasteiger partial charge in [-0.1, -0.05) is 12.2 Å². The number of nitrogens with zero attached hydrogens (tertiary/aromatic N) is 2. The van der Waals surface area contributed by atoms with Gasteiger partial charge in [0, 0.05) is 57.4 Å². The fourth-order valence-electron chi connectivity index (χ4n) is 4.31. The lowest BCUT2D eigenvalue weighted by molar-refractivity contribution is -0.160. The van der Waals surface area contributed by atoms with Crippen LogP contribution in [0.1, 0.15) is 42.8 Å². The number of halogens is 2. The van der Waals surface area contributed by atoms with Gasteiger partial charge in [-0.15, -0.1) is 23.7 Å². The summed E-state index contributed by atoms with van der Waals surface area (Å²) in [5.41, 5.74) is 0.749. The molecular weight excluding hydrogens is 583 g/mol. The van der Waals surface area contributed by atoms with Crippen molar-refractivity contribution in [2.75, 3.05) is 18.4 Å². The van der Waals surface area contributed by atoms with Crippen LogP contribution in [0.5, 0.6) is 11.5 Å². The number of carbonyl (C=O) groups is 3. The molecule has 212 valence electrons. The first-order valence-corrected chi connectivity index (χ1v) is 13.5. The highest BCUT2D eigenvalue weighted by molar-refractivity contribution is 7.80. The summed E-state index contributed by atoms with van der Waals surface area (Å²) in [4.78, 5) is 43.7. The maximum absolute atomic E-state index is 14.9. The van der Waals surface area contributed by atoms with Crippen LogP contribution in [0.2, 0.25) is 0 Å². The van der Waals surface area contributed by atoms with E-state index in [-0.39, 0.29) is 41.2 Å². The number of thiocarbonyl (C=S) groups is 1. The summed E-state index contributed by atoms with van der Waals surface area (Å²) < 4.78 is 31.9. The number of esters is 1. The van der Waals surface area contributed by atoms with Gasteiger partial charge in [-0.05, 0) is 31.0 Å². The fraction of sp³-hybridized carbons (Fsp3) is 0.346. The molecule has 1 aromatic carbocycles. The first-order valence-electron chi connectivity index (χ1n) is 12.2. The van der Waals surface area contributed by atoms with Gasteiger partial charge in [0.05, 0.1) is 20.1 Å². The Kier molecular flexibility index (Phi) is 8.88. The number of fused-ring (bicyclic) bond motifs is 1. The van der Waals surface area contributed by atoms with Crippen molar-refractivity contribution in [3.8, 4) is 11.5 Å². The van der Waals surface area contributed by atoms with Crippen molar-refractivity contribution in [2.45, 2.75) is 45.0 Å². The first kappa shape index (κ1) is 29.6. The van der Waals surface area contributed by atoms with Crippen molar-refractivity contribution >= 4 is 74.8 Å². The van der Waals surface area contributed by atoms with E-state index in [1.165, 1.54) is 29.7 Å². The molecule has 3 amide bonds. The monoisotopic (exact) mass is 608 g/mol. The number of amides is 3. The zero-order valence-corrected chi connectivity index (χ0v) is 24.0. The van der Waals surface area contributed by atoms with Gasteiger partial charge in [0.2, 0.25) is 5.79 Å². The predicted molar refractivity (Wildman–Crippen MR) is 153 cm³/mol. The number of urea groups is 1. The quantitative estimate of drug-likeness (QED) is 0.282. The summed E-state index contributed by atoms with van der Waals surface area (Å²) >= 11 is 6.39. The van der Waals surface area contributed by atoms with Crippen molar-refractivity contribution in [1.29, 1.82) is 0 Å². The van der Waals surface area contributed by atoms with E-state index in [0.29, 0.717) is 20.8 Å². The summed E-state index contributed by atoms with van der Waals surface area (Å²) in [6, 6.07) is 6.58. The Morgan fingerprint density at radius 1 is 1.23 bits per heavy atom. The molecule has 0 spiro atoms. The molecule has 2 aliphatic heterocycles. The molecule has 10 nitrogen and oxygen atoms in total. The van der Waals surface area contributed by atoms with Crippen LogP contribution in [-0.4, -0.2) is 57.8 Å². The molecule has 2 fully saturated rings. The number of carbonyl (C=O) groups excluding carboxylic acids is 3. The van der Waals surface area contributed by atoms with E-state index < -0.39 is 29.7 Å². The zero-order chi connectivity index (χ0) is 27.7. The van der Waals surface area contributed by atoms with Crippen LogP contribution in [0, 0.1) is 5.82 Å². The molecule has 4 heterocycles. The average molecular weight is 609 g/mol. The molecule has 14 heteroatoms. The fourth-order valence-corrected chi connectivity index (χ4v) is 5.59. The van der Waals surface area contributed by atoms with E-state index in [2.05, 4.69) is 15.6 Å². The number of benzene rings is 1. The number of hydrogen-bond acceptors (Lipinski definition) is 9. The van der Waals surface area contributed by atoms with Crippen molar-refractivity contribution in [1.82, 2.24) is 15.2 Å². The van der Waals surface area contributed by atoms with Crippen molar-refractivity contribution in [3.05, 3.63) is 47.2 Å². The molecule has 2 saturated heterocycles. The van der Waals surface area contributed by atoms with Crippen LogP contribution in [0.25, 0.3) is 10.2 Å². The summed E-state index contributed by atoms with van der Waals surface area (Å²) in [6.07, 6.45) is 2.56. The minimum Gasteiger partial charge on any atom is -0.453 e. The number of aromatic nitrogens is 1. The Morgan fingerprint density at radius 2 is 1.98 bits per heavy atom. The smallest absolute Gasteiger partial charge is 0.338 e. The van der Waals surface area contributed by atoms with E-state index in [4.69, 9.17) is 26.4 Å².